The van der Waals surface area contributed by atoms with Crippen molar-refractivity contribution in [3.8, 4) is 0 Å². The monoisotopic (exact) mass is 346 g/mol. The fraction of sp³-hybridized carbons (Fsp3) is 0.526. The minimum Gasteiger partial charge on any atom is -0.503 e. The van der Waals surface area contributed by atoms with Crippen molar-refractivity contribution in [3.05, 3.63) is 41.4 Å². The molecule has 1 aromatic heterocycles. The predicted molar refractivity (Wildman–Crippen MR) is 93.9 cm³/mol. The number of aliphatic hydroxyl groups excluding tert-OH is 1. The molecule has 1 aromatic rings. The molecule has 1 N–H and O–H groups in total. The first-order valence-corrected chi connectivity index (χ1v) is 8.45. The molecule has 0 saturated heterocycles. The Morgan fingerprint density at radius 1 is 1.32 bits per heavy atom. The van der Waals surface area contributed by atoms with Crippen LogP contribution in [0.15, 0.2) is 35.9 Å². The SMILES string of the molecule is CC(C)OCCN1C(=O)C(O)=C(C(=O)C(C)(C)C)C1c1ccncc1. The minimum absolute atomic E-state index is 0.0364. The number of ether oxygens (including phenoxy) is 1. The van der Waals surface area contributed by atoms with Gasteiger partial charge in [0.25, 0.3) is 5.91 Å². The fourth-order valence-corrected chi connectivity index (χ4v) is 2.80. The van der Waals surface area contributed by atoms with Crippen LogP contribution in [-0.2, 0) is 14.3 Å². The standard InChI is InChI=1S/C19H26N2O4/c1-12(2)25-11-10-21-15(13-6-8-20-9-7-13)14(16(22)18(21)24)17(23)19(3,4)5/h6-9,12,15,22H,10-11H2,1-5H3. The van der Waals surface area contributed by atoms with Gasteiger partial charge in [0.2, 0.25) is 0 Å². The van der Waals surface area contributed by atoms with Crippen LogP contribution in [-0.4, -0.2) is 45.9 Å². The summed E-state index contributed by atoms with van der Waals surface area (Å²) >= 11 is 0. The van der Waals surface area contributed by atoms with Gasteiger partial charge in [0.05, 0.1) is 24.3 Å². The third-order valence-electron chi connectivity index (χ3n) is 4.03. The van der Waals surface area contributed by atoms with Crippen LogP contribution in [0.1, 0.15) is 46.2 Å². The average Bonchev–Trinajstić information content (AvgIpc) is 2.78. The van der Waals surface area contributed by atoms with E-state index < -0.39 is 23.1 Å². The zero-order valence-corrected chi connectivity index (χ0v) is 15.4. The highest BCUT2D eigenvalue weighted by atomic mass is 16.5. The molecule has 1 aliphatic rings. The summed E-state index contributed by atoms with van der Waals surface area (Å²) in [6.45, 7) is 9.76. The number of aliphatic hydroxyl groups is 1. The smallest absolute Gasteiger partial charge is 0.290 e. The zero-order valence-electron chi connectivity index (χ0n) is 15.4. The number of hydrogen-bond donors (Lipinski definition) is 1. The highest BCUT2D eigenvalue weighted by Crippen LogP contribution is 2.40. The molecule has 1 amide bonds. The van der Waals surface area contributed by atoms with Gasteiger partial charge < -0.3 is 14.7 Å². The number of carbonyl (C=O) groups excluding carboxylic acids is 2. The van der Waals surface area contributed by atoms with E-state index in [1.807, 2.05) is 13.8 Å². The number of nitrogens with zero attached hydrogens (tertiary/aromatic N) is 2. The van der Waals surface area contributed by atoms with E-state index in [1.54, 1.807) is 45.3 Å². The van der Waals surface area contributed by atoms with Gasteiger partial charge in [-0.15, -0.1) is 0 Å². The first kappa shape index (κ1) is 19.1. The van der Waals surface area contributed by atoms with Crippen LogP contribution in [0.5, 0.6) is 0 Å². The molecular formula is C19H26N2O4. The Balaban J connectivity index is 2.42. The summed E-state index contributed by atoms with van der Waals surface area (Å²) in [5.41, 5.74) is 0.178. The third-order valence-corrected chi connectivity index (χ3v) is 4.03. The Morgan fingerprint density at radius 3 is 2.44 bits per heavy atom. The van der Waals surface area contributed by atoms with Gasteiger partial charge in [0.1, 0.15) is 0 Å². The Kier molecular flexibility index (Phi) is 5.62. The number of ketones is 1. The summed E-state index contributed by atoms with van der Waals surface area (Å²) in [6, 6.07) is 2.88. The number of hydrogen-bond acceptors (Lipinski definition) is 5. The number of amides is 1. The Bertz CT molecular complexity index is 674. The quantitative estimate of drug-likeness (QED) is 0.857. The minimum atomic E-state index is -0.709. The van der Waals surface area contributed by atoms with Crippen LogP contribution in [0.25, 0.3) is 0 Å². The number of rotatable bonds is 6. The maximum absolute atomic E-state index is 12.9. The van der Waals surface area contributed by atoms with Crippen LogP contribution in [0, 0.1) is 5.41 Å². The molecule has 0 fully saturated rings. The summed E-state index contributed by atoms with van der Waals surface area (Å²) < 4.78 is 5.54. The second-order valence-electron chi connectivity index (χ2n) is 7.44. The van der Waals surface area contributed by atoms with E-state index >= 15 is 0 Å². The number of Topliss-reactive ketones (excluding diaryl/α,β-unsaturated/α-hetero) is 1. The van der Waals surface area contributed by atoms with Crippen molar-refractivity contribution >= 4 is 11.7 Å². The van der Waals surface area contributed by atoms with E-state index in [0.29, 0.717) is 6.61 Å². The van der Waals surface area contributed by atoms with Crippen LogP contribution in [0.4, 0.5) is 0 Å². The van der Waals surface area contributed by atoms with Gasteiger partial charge in [-0.05, 0) is 31.5 Å². The van der Waals surface area contributed by atoms with Crippen LogP contribution in [0.3, 0.4) is 0 Å². The lowest BCUT2D eigenvalue weighted by Crippen LogP contribution is -2.35. The maximum atomic E-state index is 12.9. The van der Waals surface area contributed by atoms with Gasteiger partial charge in [0, 0.05) is 24.4 Å². The van der Waals surface area contributed by atoms with Crippen molar-refractivity contribution in [1.29, 1.82) is 0 Å². The highest BCUT2D eigenvalue weighted by molar-refractivity contribution is 6.10. The van der Waals surface area contributed by atoms with Gasteiger partial charge in [-0.1, -0.05) is 20.8 Å². The van der Waals surface area contributed by atoms with Gasteiger partial charge in [-0.3, -0.25) is 14.6 Å². The van der Waals surface area contributed by atoms with Crippen LogP contribution < -0.4 is 0 Å². The number of carbonyl (C=O) groups is 2. The maximum Gasteiger partial charge on any atom is 0.290 e. The van der Waals surface area contributed by atoms with Gasteiger partial charge in [-0.25, -0.2) is 0 Å². The molecule has 0 spiro atoms. The van der Waals surface area contributed by atoms with E-state index in [4.69, 9.17) is 4.74 Å². The molecular weight excluding hydrogens is 320 g/mol. The highest BCUT2D eigenvalue weighted by Gasteiger charge is 2.45. The van der Waals surface area contributed by atoms with Crippen LogP contribution >= 0.6 is 0 Å². The van der Waals surface area contributed by atoms with Crippen molar-refractivity contribution in [1.82, 2.24) is 9.88 Å². The van der Waals surface area contributed by atoms with E-state index in [0.717, 1.165) is 5.56 Å². The second-order valence-corrected chi connectivity index (χ2v) is 7.44. The zero-order chi connectivity index (χ0) is 18.8. The summed E-state index contributed by atoms with van der Waals surface area (Å²) in [5.74, 6) is -1.25. The summed E-state index contributed by atoms with van der Waals surface area (Å²) in [5, 5.41) is 10.4. The van der Waals surface area contributed by atoms with Crippen molar-refractivity contribution in [3.63, 3.8) is 0 Å². The van der Waals surface area contributed by atoms with E-state index in [9.17, 15) is 14.7 Å². The summed E-state index contributed by atoms with van der Waals surface area (Å²) in [6.07, 6.45) is 3.25. The molecule has 25 heavy (non-hydrogen) atoms. The molecule has 2 rings (SSSR count). The molecule has 1 unspecified atom stereocenters. The normalized spacial score (nSPS) is 18.4. The molecule has 136 valence electrons. The largest absolute Gasteiger partial charge is 0.503 e. The van der Waals surface area contributed by atoms with Gasteiger partial charge >= 0.3 is 0 Å². The lowest BCUT2D eigenvalue weighted by atomic mass is 9.82. The lowest BCUT2D eigenvalue weighted by Gasteiger charge is -2.29. The van der Waals surface area contributed by atoms with Crippen molar-refractivity contribution < 1.29 is 19.4 Å². The van der Waals surface area contributed by atoms with Crippen molar-refractivity contribution in [2.24, 2.45) is 5.41 Å². The molecule has 2 heterocycles. The molecule has 6 nitrogen and oxygen atoms in total. The molecule has 0 aliphatic carbocycles. The Morgan fingerprint density at radius 2 is 1.92 bits per heavy atom. The first-order chi connectivity index (χ1) is 11.6. The molecule has 0 radical (unpaired) electrons. The molecule has 6 heteroatoms. The fourth-order valence-electron chi connectivity index (χ4n) is 2.80. The predicted octanol–water partition coefficient (Wildman–Crippen LogP) is 2.82. The lowest BCUT2D eigenvalue weighted by molar-refractivity contribution is -0.130. The van der Waals surface area contributed by atoms with Gasteiger partial charge in [0.15, 0.2) is 11.5 Å². The number of aromatic nitrogens is 1. The van der Waals surface area contributed by atoms with Gasteiger partial charge in [-0.2, -0.15) is 0 Å². The summed E-state index contributed by atoms with van der Waals surface area (Å²) in [4.78, 5) is 31.0. The first-order valence-electron chi connectivity index (χ1n) is 8.45. The molecule has 1 aliphatic heterocycles. The Labute approximate surface area is 148 Å². The molecule has 0 bridgehead atoms. The second kappa shape index (κ2) is 7.35. The number of pyridine rings is 1. The molecule has 1 atom stereocenters. The third kappa shape index (κ3) is 4.07. The van der Waals surface area contributed by atoms with E-state index in [2.05, 4.69) is 4.98 Å². The van der Waals surface area contributed by atoms with E-state index in [-0.39, 0.29) is 24.0 Å². The average molecular weight is 346 g/mol. The van der Waals surface area contributed by atoms with Crippen molar-refractivity contribution in [2.45, 2.75) is 46.8 Å². The molecule has 0 aromatic carbocycles. The van der Waals surface area contributed by atoms with Crippen LogP contribution in [0.2, 0.25) is 0 Å². The van der Waals surface area contributed by atoms with E-state index in [1.165, 1.54) is 4.90 Å². The Hall–Kier alpha value is -2.21. The summed E-state index contributed by atoms with van der Waals surface area (Å²) in [7, 11) is 0. The van der Waals surface area contributed by atoms with Crippen molar-refractivity contribution in [2.75, 3.05) is 13.2 Å². The topological polar surface area (TPSA) is 79.7 Å². The molecule has 0 saturated carbocycles.